The van der Waals surface area contributed by atoms with Crippen LogP contribution < -0.4 is 14.4 Å². The number of hydrogen-bond acceptors (Lipinski definition) is 5. The highest BCUT2D eigenvalue weighted by atomic mass is 35.5. The summed E-state index contributed by atoms with van der Waals surface area (Å²) >= 11 is 6.31. The number of ether oxygens (including phenoxy) is 2. The number of aromatic nitrogens is 1. The quantitative estimate of drug-likeness (QED) is 0.888. The first-order valence-corrected chi connectivity index (χ1v) is 9.36. The van der Waals surface area contributed by atoms with Gasteiger partial charge in [-0.2, -0.15) is 0 Å². The maximum absolute atomic E-state index is 10.6. The van der Waals surface area contributed by atoms with Gasteiger partial charge in [0.15, 0.2) is 11.5 Å². The Morgan fingerprint density at radius 1 is 1.08 bits per heavy atom. The van der Waals surface area contributed by atoms with Gasteiger partial charge in [0.25, 0.3) is 0 Å². The fourth-order valence-electron chi connectivity index (χ4n) is 4.18. The molecule has 5 nitrogen and oxygen atoms in total. The Hall–Kier alpha value is -1.98. The maximum atomic E-state index is 10.6. The molecule has 6 heteroatoms. The number of hydrogen-bond donors (Lipinski definition) is 1. The van der Waals surface area contributed by atoms with Crippen LogP contribution in [0.15, 0.2) is 42.6 Å². The third-order valence-electron chi connectivity index (χ3n) is 5.47. The summed E-state index contributed by atoms with van der Waals surface area (Å²) in [6, 6.07) is 11.3. The first-order chi connectivity index (χ1) is 12.7. The predicted molar refractivity (Wildman–Crippen MR) is 101 cm³/mol. The van der Waals surface area contributed by atoms with Crippen LogP contribution in [0.2, 0.25) is 5.02 Å². The zero-order valence-corrected chi connectivity index (χ0v) is 15.5. The van der Waals surface area contributed by atoms with Crippen LogP contribution in [0.4, 0.5) is 5.82 Å². The molecule has 0 radical (unpaired) electrons. The van der Waals surface area contributed by atoms with Gasteiger partial charge in [-0.05, 0) is 48.9 Å². The van der Waals surface area contributed by atoms with Gasteiger partial charge in [0.2, 0.25) is 0 Å². The molecule has 2 aromatic rings. The maximum Gasteiger partial charge on any atom is 0.161 e. The van der Waals surface area contributed by atoms with Crippen molar-refractivity contribution in [3.8, 4) is 11.5 Å². The van der Waals surface area contributed by atoms with Gasteiger partial charge in [0.05, 0.1) is 18.2 Å². The number of para-hydroxylation sites is 2. The van der Waals surface area contributed by atoms with Crippen molar-refractivity contribution in [3.05, 3.63) is 47.6 Å². The molecule has 138 valence electrons. The van der Waals surface area contributed by atoms with E-state index in [0.29, 0.717) is 28.4 Å². The van der Waals surface area contributed by atoms with E-state index < -0.39 is 6.10 Å². The van der Waals surface area contributed by atoms with Crippen molar-refractivity contribution in [1.29, 1.82) is 0 Å². The molecule has 1 aliphatic heterocycles. The molecular formula is C20H23ClN2O3. The summed E-state index contributed by atoms with van der Waals surface area (Å²) in [6.07, 6.45) is 2.59. The summed E-state index contributed by atoms with van der Waals surface area (Å²) in [4.78, 5) is 6.66. The number of pyridine rings is 1. The number of rotatable bonds is 4. The third kappa shape index (κ3) is 3.33. The number of anilines is 1. The third-order valence-corrected chi connectivity index (χ3v) is 5.77. The average molecular weight is 375 g/mol. The Morgan fingerprint density at radius 3 is 2.54 bits per heavy atom. The van der Waals surface area contributed by atoms with Crippen LogP contribution in [0.5, 0.6) is 11.5 Å². The lowest BCUT2D eigenvalue weighted by Crippen LogP contribution is -2.42. The fraction of sp³-hybridized carbons (Fsp3) is 0.450. The zero-order valence-electron chi connectivity index (χ0n) is 14.7. The molecule has 1 aliphatic carbocycles. The van der Waals surface area contributed by atoms with Gasteiger partial charge in [-0.3, -0.25) is 0 Å². The van der Waals surface area contributed by atoms with Gasteiger partial charge in [-0.15, -0.1) is 0 Å². The number of aliphatic hydroxyl groups is 1. The number of methoxy groups -OCH3 is 1. The number of aliphatic hydroxyl groups excluding tert-OH is 1. The van der Waals surface area contributed by atoms with Crippen molar-refractivity contribution in [3.63, 3.8) is 0 Å². The van der Waals surface area contributed by atoms with E-state index in [9.17, 15) is 5.11 Å². The van der Waals surface area contributed by atoms with Crippen LogP contribution in [-0.2, 0) is 0 Å². The van der Waals surface area contributed by atoms with Gasteiger partial charge in [-0.1, -0.05) is 23.7 Å². The van der Waals surface area contributed by atoms with E-state index in [1.165, 1.54) is 0 Å². The molecule has 1 saturated carbocycles. The normalized spacial score (nSPS) is 27.9. The molecule has 1 aromatic heterocycles. The summed E-state index contributed by atoms with van der Waals surface area (Å²) in [6.45, 7) is 1.76. The first-order valence-electron chi connectivity index (χ1n) is 8.99. The minimum absolute atomic E-state index is 0.230. The van der Waals surface area contributed by atoms with Crippen LogP contribution in [0.25, 0.3) is 0 Å². The van der Waals surface area contributed by atoms with E-state index in [-0.39, 0.29) is 6.10 Å². The highest BCUT2D eigenvalue weighted by molar-refractivity contribution is 6.32. The molecule has 0 bridgehead atoms. The molecule has 4 atom stereocenters. The summed E-state index contributed by atoms with van der Waals surface area (Å²) in [7, 11) is 1.63. The number of halogens is 1. The van der Waals surface area contributed by atoms with E-state index in [1.54, 1.807) is 13.3 Å². The molecule has 26 heavy (non-hydrogen) atoms. The molecular weight excluding hydrogens is 352 g/mol. The van der Waals surface area contributed by atoms with E-state index in [2.05, 4.69) is 9.88 Å². The second-order valence-electron chi connectivity index (χ2n) is 7.08. The van der Waals surface area contributed by atoms with E-state index in [0.717, 1.165) is 31.7 Å². The highest BCUT2D eigenvalue weighted by Crippen LogP contribution is 2.41. The second kappa shape index (κ2) is 7.33. The molecule has 2 heterocycles. The van der Waals surface area contributed by atoms with Crippen LogP contribution >= 0.6 is 11.6 Å². The molecule has 1 saturated heterocycles. The highest BCUT2D eigenvalue weighted by Gasteiger charge is 2.43. The van der Waals surface area contributed by atoms with Crippen molar-refractivity contribution in [2.75, 3.05) is 25.1 Å². The van der Waals surface area contributed by atoms with Crippen LogP contribution in [0.3, 0.4) is 0 Å². The average Bonchev–Trinajstić information content (AvgIpc) is 3.05. The lowest BCUT2D eigenvalue weighted by atomic mass is 9.78. The molecule has 1 N–H and O–H groups in total. The number of fused-ring (bicyclic) bond motifs is 1. The summed E-state index contributed by atoms with van der Waals surface area (Å²) < 4.78 is 11.5. The number of benzene rings is 1. The van der Waals surface area contributed by atoms with Crippen LogP contribution in [0.1, 0.15) is 12.8 Å². The SMILES string of the molecule is COc1ccccc1O[C@@H]1C[C@@H]2CN(c3ncccc3Cl)C[C@@H]2C[C@H]1O. The molecule has 0 unspecified atom stereocenters. The van der Waals surface area contributed by atoms with Crippen LogP contribution in [-0.4, -0.2) is 42.5 Å². The van der Waals surface area contributed by atoms with Crippen molar-refractivity contribution in [1.82, 2.24) is 4.98 Å². The van der Waals surface area contributed by atoms with E-state index >= 15 is 0 Å². The van der Waals surface area contributed by atoms with Crippen molar-refractivity contribution in [2.45, 2.75) is 25.0 Å². The van der Waals surface area contributed by atoms with Gasteiger partial charge >= 0.3 is 0 Å². The minimum Gasteiger partial charge on any atom is -0.493 e. The van der Waals surface area contributed by atoms with Crippen molar-refractivity contribution in [2.24, 2.45) is 11.8 Å². The molecule has 0 spiro atoms. The Kier molecular flexibility index (Phi) is 4.92. The van der Waals surface area contributed by atoms with Gasteiger partial charge < -0.3 is 19.5 Å². The fourth-order valence-corrected chi connectivity index (χ4v) is 4.42. The van der Waals surface area contributed by atoms with E-state index in [4.69, 9.17) is 21.1 Å². The van der Waals surface area contributed by atoms with Gasteiger partial charge in [0.1, 0.15) is 11.9 Å². The van der Waals surface area contributed by atoms with Crippen molar-refractivity contribution < 1.29 is 14.6 Å². The molecule has 0 amide bonds. The molecule has 1 aromatic carbocycles. The summed E-state index contributed by atoms with van der Waals surface area (Å²) in [5, 5.41) is 11.3. The topological polar surface area (TPSA) is 54.8 Å². The minimum atomic E-state index is -0.486. The molecule has 4 rings (SSSR count). The monoisotopic (exact) mass is 374 g/mol. The smallest absolute Gasteiger partial charge is 0.161 e. The summed E-state index contributed by atoms with van der Waals surface area (Å²) in [5.74, 6) is 3.09. The van der Waals surface area contributed by atoms with Crippen LogP contribution in [0, 0.1) is 11.8 Å². The lowest BCUT2D eigenvalue weighted by molar-refractivity contribution is -0.0240. The van der Waals surface area contributed by atoms with E-state index in [1.807, 2.05) is 36.4 Å². The standard InChI is InChI=1S/C20H23ClN2O3/c1-25-17-6-2-3-7-18(17)26-19-10-14-12-23(11-13(14)9-16(19)24)20-15(21)5-4-8-22-20/h2-8,13-14,16,19,24H,9-12H2,1H3/t13-,14+,16+,19+/m0/s1. The van der Waals surface area contributed by atoms with Crippen molar-refractivity contribution >= 4 is 17.4 Å². The molecule has 2 aliphatic rings. The Bertz CT molecular complexity index is 772. The molecule has 2 fully saturated rings. The Labute approximate surface area is 158 Å². The van der Waals surface area contributed by atoms with Gasteiger partial charge in [-0.25, -0.2) is 4.98 Å². The first kappa shape index (κ1) is 17.4. The van der Waals surface area contributed by atoms with Gasteiger partial charge in [0, 0.05) is 19.3 Å². The lowest BCUT2D eigenvalue weighted by Gasteiger charge is -2.35. The largest absolute Gasteiger partial charge is 0.493 e. The Morgan fingerprint density at radius 2 is 1.81 bits per heavy atom. The number of nitrogens with zero attached hydrogens (tertiary/aromatic N) is 2. The predicted octanol–water partition coefficient (Wildman–Crippen LogP) is 3.40. The Balaban J connectivity index is 1.47. The second-order valence-corrected chi connectivity index (χ2v) is 7.49. The zero-order chi connectivity index (χ0) is 18.1. The summed E-state index contributed by atoms with van der Waals surface area (Å²) in [5.41, 5.74) is 0.